The standard InChI is InChI=1S/C16H26N2O.ClH/c1-5-9-14(17)16(19)18(4)15(12(2)3)13-10-7-6-8-11-13;/h6-8,10-12,14-15H,5,9,17H2,1-4H3;1H. The predicted octanol–water partition coefficient (Wildman–Crippen LogP) is 3.39. The summed E-state index contributed by atoms with van der Waals surface area (Å²) in [7, 11) is 1.86. The predicted molar refractivity (Wildman–Crippen MR) is 86.9 cm³/mol. The molecule has 2 N–H and O–H groups in total. The van der Waals surface area contributed by atoms with Gasteiger partial charge in [-0.15, -0.1) is 12.4 Å². The fourth-order valence-electron chi connectivity index (χ4n) is 2.54. The molecule has 0 fully saturated rings. The molecule has 2 atom stereocenters. The summed E-state index contributed by atoms with van der Waals surface area (Å²) in [5, 5.41) is 0. The van der Waals surface area contributed by atoms with Gasteiger partial charge in [-0.05, 0) is 17.9 Å². The van der Waals surface area contributed by atoms with E-state index >= 15 is 0 Å². The maximum Gasteiger partial charge on any atom is 0.239 e. The number of hydrogen-bond acceptors (Lipinski definition) is 2. The van der Waals surface area contributed by atoms with Crippen molar-refractivity contribution in [3.05, 3.63) is 35.9 Å². The van der Waals surface area contributed by atoms with E-state index in [4.69, 9.17) is 5.73 Å². The molecule has 0 spiro atoms. The summed E-state index contributed by atoms with van der Waals surface area (Å²) in [4.78, 5) is 14.2. The molecule has 114 valence electrons. The molecule has 0 aliphatic rings. The van der Waals surface area contributed by atoms with Gasteiger partial charge in [0.1, 0.15) is 0 Å². The lowest BCUT2D eigenvalue weighted by Crippen LogP contribution is -2.44. The van der Waals surface area contributed by atoms with Crippen molar-refractivity contribution >= 4 is 18.3 Å². The van der Waals surface area contributed by atoms with Gasteiger partial charge >= 0.3 is 0 Å². The molecule has 0 saturated carbocycles. The molecule has 0 radical (unpaired) electrons. The zero-order chi connectivity index (χ0) is 14.4. The first-order valence-electron chi connectivity index (χ1n) is 7.06. The van der Waals surface area contributed by atoms with E-state index in [1.165, 1.54) is 0 Å². The summed E-state index contributed by atoms with van der Waals surface area (Å²) >= 11 is 0. The molecule has 1 amide bonds. The molecule has 1 aromatic carbocycles. The number of carbonyl (C=O) groups is 1. The van der Waals surface area contributed by atoms with Gasteiger partial charge in [-0.1, -0.05) is 57.5 Å². The Morgan fingerprint density at radius 1 is 1.25 bits per heavy atom. The second-order valence-electron chi connectivity index (χ2n) is 5.44. The topological polar surface area (TPSA) is 46.3 Å². The Balaban J connectivity index is 0.00000361. The molecule has 2 unspecified atom stereocenters. The van der Waals surface area contributed by atoms with Gasteiger partial charge in [-0.25, -0.2) is 0 Å². The van der Waals surface area contributed by atoms with Gasteiger partial charge in [0.2, 0.25) is 5.91 Å². The van der Waals surface area contributed by atoms with Crippen molar-refractivity contribution in [1.29, 1.82) is 0 Å². The molecule has 1 rings (SSSR count). The lowest BCUT2D eigenvalue weighted by atomic mass is 9.94. The Bertz CT molecular complexity index is 395. The van der Waals surface area contributed by atoms with Crippen molar-refractivity contribution in [3.8, 4) is 0 Å². The fraction of sp³-hybridized carbons (Fsp3) is 0.562. The van der Waals surface area contributed by atoms with Gasteiger partial charge in [-0.2, -0.15) is 0 Å². The summed E-state index contributed by atoms with van der Waals surface area (Å²) < 4.78 is 0. The van der Waals surface area contributed by atoms with E-state index in [2.05, 4.69) is 26.0 Å². The van der Waals surface area contributed by atoms with Gasteiger partial charge < -0.3 is 10.6 Å². The van der Waals surface area contributed by atoms with Crippen molar-refractivity contribution in [1.82, 2.24) is 4.90 Å². The first-order chi connectivity index (χ1) is 8.99. The van der Waals surface area contributed by atoms with E-state index in [9.17, 15) is 4.79 Å². The van der Waals surface area contributed by atoms with Crippen LogP contribution in [0.2, 0.25) is 0 Å². The highest BCUT2D eigenvalue weighted by molar-refractivity contribution is 5.85. The quantitative estimate of drug-likeness (QED) is 0.875. The Morgan fingerprint density at radius 3 is 2.25 bits per heavy atom. The average molecular weight is 299 g/mol. The first-order valence-corrected chi connectivity index (χ1v) is 7.06. The number of carbonyl (C=O) groups excluding carboxylic acids is 1. The van der Waals surface area contributed by atoms with Crippen LogP contribution in [-0.4, -0.2) is 23.9 Å². The fourth-order valence-corrected chi connectivity index (χ4v) is 2.54. The first kappa shape index (κ1) is 18.9. The van der Waals surface area contributed by atoms with E-state index in [1.54, 1.807) is 4.90 Å². The second kappa shape index (κ2) is 8.98. The van der Waals surface area contributed by atoms with Crippen molar-refractivity contribution in [2.45, 2.75) is 45.7 Å². The van der Waals surface area contributed by atoms with Crippen molar-refractivity contribution < 1.29 is 4.79 Å². The van der Waals surface area contributed by atoms with Gasteiger partial charge in [0.25, 0.3) is 0 Å². The Morgan fingerprint density at radius 2 is 1.80 bits per heavy atom. The highest BCUT2D eigenvalue weighted by atomic mass is 35.5. The van der Waals surface area contributed by atoms with Gasteiger partial charge in [0.05, 0.1) is 12.1 Å². The summed E-state index contributed by atoms with van der Waals surface area (Å²) in [5.41, 5.74) is 7.12. The van der Waals surface area contributed by atoms with Gasteiger partial charge in [0.15, 0.2) is 0 Å². The third kappa shape index (κ3) is 4.80. The number of hydrogen-bond donors (Lipinski definition) is 1. The minimum atomic E-state index is -0.389. The van der Waals surface area contributed by atoms with E-state index in [-0.39, 0.29) is 30.4 Å². The third-order valence-electron chi connectivity index (χ3n) is 3.45. The van der Waals surface area contributed by atoms with E-state index in [0.29, 0.717) is 5.92 Å². The van der Waals surface area contributed by atoms with Crippen molar-refractivity contribution in [2.24, 2.45) is 11.7 Å². The second-order valence-corrected chi connectivity index (χ2v) is 5.44. The monoisotopic (exact) mass is 298 g/mol. The van der Waals surface area contributed by atoms with Crippen LogP contribution in [0.25, 0.3) is 0 Å². The molecule has 0 aromatic heterocycles. The molecular weight excluding hydrogens is 272 g/mol. The molecule has 3 nitrogen and oxygen atoms in total. The van der Waals surface area contributed by atoms with Crippen LogP contribution in [0.1, 0.15) is 45.2 Å². The van der Waals surface area contributed by atoms with Gasteiger partial charge in [-0.3, -0.25) is 4.79 Å². The molecule has 0 aliphatic carbocycles. The van der Waals surface area contributed by atoms with Crippen LogP contribution in [0.4, 0.5) is 0 Å². The van der Waals surface area contributed by atoms with Crippen molar-refractivity contribution in [3.63, 3.8) is 0 Å². The minimum Gasteiger partial charge on any atom is -0.337 e. The summed E-state index contributed by atoms with van der Waals surface area (Å²) in [5.74, 6) is 0.384. The maximum atomic E-state index is 12.4. The van der Waals surface area contributed by atoms with E-state index < -0.39 is 0 Å². The Kier molecular flexibility index (Phi) is 8.51. The normalized spacial score (nSPS) is 13.5. The lowest BCUT2D eigenvalue weighted by Gasteiger charge is -2.33. The number of likely N-dealkylation sites (N-methyl/N-ethyl adjacent to an activating group) is 1. The third-order valence-corrected chi connectivity index (χ3v) is 3.45. The Labute approximate surface area is 128 Å². The molecule has 4 heteroatoms. The zero-order valence-electron chi connectivity index (χ0n) is 12.9. The van der Waals surface area contributed by atoms with Crippen LogP contribution in [0.5, 0.6) is 0 Å². The number of halogens is 1. The highest BCUT2D eigenvalue weighted by Crippen LogP contribution is 2.27. The van der Waals surface area contributed by atoms with Crippen LogP contribution in [-0.2, 0) is 4.79 Å². The smallest absolute Gasteiger partial charge is 0.239 e. The molecule has 1 aromatic rings. The number of benzene rings is 1. The molecular formula is C16H27ClN2O. The summed E-state index contributed by atoms with van der Waals surface area (Å²) in [6, 6.07) is 9.84. The molecule has 0 heterocycles. The van der Waals surface area contributed by atoms with Crippen LogP contribution >= 0.6 is 12.4 Å². The van der Waals surface area contributed by atoms with E-state index in [0.717, 1.165) is 18.4 Å². The van der Waals surface area contributed by atoms with Gasteiger partial charge in [0, 0.05) is 7.05 Å². The summed E-state index contributed by atoms with van der Waals surface area (Å²) in [6.07, 6.45) is 1.67. The van der Waals surface area contributed by atoms with Crippen molar-refractivity contribution in [2.75, 3.05) is 7.05 Å². The van der Waals surface area contributed by atoms with E-state index in [1.807, 2.05) is 32.2 Å². The van der Waals surface area contributed by atoms with Crippen LogP contribution in [0.3, 0.4) is 0 Å². The maximum absolute atomic E-state index is 12.4. The average Bonchev–Trinajstić information content (AvgIpc) is 2.39. The number of nitrogens with zero attached hydrogens (tertiary/aromatic N) is 1. The Hall–Kier alpha value is -1.06. The number of nitrogens with two attached hydrogens (primary N) is 1. The van der Waals surface area contributed by atoms with Crippen LogP contribution in [0, 0.1) is 5.92 Å². The SMILES string of the molecule is CCCC(N)C(=O)N(C)C(c1ccccc1)C(C)C.Cl. The van der Waals surface area contributed by atoms with Crippen LogP contribution in [0.15, 0.2) is 30.3 Å². The molecule has 0 aliphatic heterocycles. The number of amides is 1. The highest BCUT2D eigenvalue weighted by Gasteiger charge is 2.27. The minimum absolute atomic E-state index is 0. The summed E-state index contributed by atoms with van der Waals surface area (Å²) in [6.45, 7) is 6.31. The zero-order valence-corrected chi connectivity index (χ0v) is 13.7. The molecule has 20 heavy (non-hydrogen) atoms. The largest absolute Gasteiger partial charge is 0.337 e. The van der Waals surface area contributed by atoms with Crippen LogP contribution < -0.4 is 5.73 Å². The number of rotatable bonds is 6. The molecule has 0 bridgehead atoms. The molecule has 0 saturated heterocycles. The lowest BCUT2D eigenvalue weighted by molar-refractivity contribution is -0.134.